The molecule has 23 heteroatoms. The summed E-state index contributed by atoms with van der Waals surface area (Å²) in [6.45, 7) is 19.8. The van der Waals surface area contributed by atoms with Crippen LogP contribution in [0.25, 0.3) is 82.4 Å². The summed E-state index contributed by atoms with van der Waals surface area (Å²) in [5, 5.41) is 12.5. The molecule has 0 radical (unpaired) electrons. The van der Waals surface area contributed by atoms with Crippen LogP contribution in [0.15, 0.2) is 82.2 Å². The summed E-state index contributed by atoms with van der Waals surface area (Å²) in [6.07, 6.45) is 7.15. The zero-order valence-corrected chi connectivity index (χ0v) is 45.1. The van der Waals surface area contributed by atoms with Gasteiger partial charge in [0, 0.05) is 162 Å². The van der Waals surface area contributed by atoms with Crippen molar-refractivity contribution < 1.29 is 26.7 Å². The number of nitriles is 1. The highest BCUT2D eigenvalue weighted by Gasteiger charge is 2.27. The van der Waals surface area contributed by atoms with E-state index in [1.807, 2.05) is 55.7 Å². The van der Waals surface area contributed by atoms with E-state index in [0.29, 0.717) is 108 Å². The second kappa shape index (κ2) is 22.5. The molecule has 0 aliphatic carbocycles. The molecule has 4 aliphatic heterocycles. The quantitative estimate of drug-likeness (QED) is 0.114. The Bertz CT molecular complexity index is 4000. The average molecular weight is 1110 g/mol. The number of furan rings is 2. The molecule has 20 nitrogen and oxygen atoms in total. The molecular formula is C55H53ClN14O6S2. The van der Waals surface area contributed by atoms with E-state index in [1.165, 1.54) is 0 Å². The van der Waals surface area contributed by atoms with E-state index >= 15 is 0 Å². The van der Waals surface area contributed by atoms with Crippen LogP contribution in [-0.4, -0.2) is 160 Å². The molecule has 0 bridgehead atoms. The number of nitrogens with one attached hydrogen (secondary N) is 2. The molecule has 0 atom stereocenters. The van der Waals surface area contributed by atoms with Crippen LogP contribution in [0.2, 0.25) is 5.28 Å². The van der Waals surface area contributed by atoms with Gasteiger partial charge in [-0.05, 0) is 59.5 Å². The first kappa shape index (κ1) is 51.4. The van der Waals surface area contributed by atoms with E-state index in [1.54, 1.807) is 12.4 Å². The van der Waals surface area contributed by atoms with Gasteiger partial charge in [-0.2, -0.15) is 10.2 Å². The number of H-pyrrole nitrogens is 2. The third kappa shape index (κ3) is 10.5. The predicted molar refractivity (Wildman–Crippen MR) is 303 cm³/mol. The standard InChI is InChI=1S/C27H25N7O3S.C18H20ClN5O3S.C10H8N2/c1-28-21-15-29-20-4-2-3-18(22(20)21)25-31-23-19-13-17(16-33-7-11-38(35)12-8-33)14-30-27(19)37-24(23)26(32-25)34-5-9-36-10-6-34;19-18-21-14-13-9-12(11-23-3-7-28(25)8-4-23)10-20-17(13)27-15(14)16(22-18)24-1-5-26-6-2-24;1-7-3-2-4-9-10(7)8(5-11)6-12-9/h2-4,13-15,29H,5-12,16H2;9-10H,1-8,11H2;2-4,6,12H,1H3. The van der Waals surface area contributed by atoms with Crippen molar-refractivity contribution in [2.75, 3.05) is 112 Å². The molecule has 0 unspecified atom stereocenters. The van der Waals surface area contributed by atoms with Gasteiger partial charge in [0.25, 0.3) is 0 Å². The van der Waals surface area contributed by atoms with Gasteiger partial charge in [-0.15, -0.1) is 0 Å². The van der Waals surface area contributed by atoms with Crippen molar-refractivity contribution in [1.29, 1.82) is 5.26 Å². The van der Waals surface area contributed by atoms with Crippen molar-refractivity contribution in [2.45, 2.75) is 20.0 Å². The normalized spacial score (nSPS) is 17.1. The number of nitrogens with zero attached hydrogens (tertiary/aromatic N) is 12. The van der Waals surface area contributed by atoms with Crippen LogP contribution in [0.3, 0.4) is 0 Å². The van der Waals surface area contributed by atoms with Crippen LogP contribution in [0.1, 0.15) is 22.3 Å². The Labute approximate surface area is 457 Å². The Balaban J connectivity index is 0.000000133. The lowest BCUT2D eigenvalue weighted by Crippen LogP contribution is -2.37. The summed E-state index contributed by atoms with van der Waals surface area (Å²) in [6, 6.07) is 18.1. The number of halogens is 1. The molecule has 4 saturated heterocycles. The van der Waals surface area contributed by atoms with Gasteiger partial charge >= 0.3 is 0 Å². The van der Waals surface area contributed by atoms with E-state index in [0.717, 1.165) is 124 Å². The minimum absolute atomic E-state index is 0.195. The lowest BCUT2D eigenvalue weighted by molar-refractivity contribution is 0.122. The van der Waals surface area contributed by atoms with Gasteiger partial charge in [0.1, 0.15) is 17.1 Å². The highest BCUT2D eigenvalue weighted by Crippen LogP contribution is 2.39. The smallest absolute Gasteiger partial charge is 0.229 e. The Hall–Kier alpha value is -7.41. The maximum Gasteiger partial charge on any atom is 0.229 e. The molecule has 398 valence electrons. The SMILES string of the molecule is Cc1cccc2[nH]cc(C#N)c12.O=S1CCN(Cc2cnc3oc4c(N5CCOCC5)nc(Cl)nc4c3c2)CC1.[C-]#[N+]c1c[nH]c2cccc(-c3nc(N4CCOCC4)c4oc5ncc(CN6CCS(=O)CC6)cc5c4n3)c12. The molecule has 10 aromatic rings. The van der Waals surface area contributed by atoms with Gasteiger partial charge in [-0.3, -0.25) is 18.2 Å². The number of benzene rings is 2. The zero-order chi connectivity index (χ0) is 53.3. The van der Waals surface area contributed by atoms with Crippen LogP contribution in [0.4, 0.5) is 17.3 Å². The van der Waals surface area contributed by atoms with Gasteiger partial charge in [0.05, 0.1) is 49.3 Å². The van der Waals surface area contributed by atoms with Gasteiger partial charge in [0.2, 0.25) is 22.4 Å². The van der Waals surface area contributed by atoms with Gasteiger partial charge in [0.15, 0.2) is 28.6 Å². The molecule has 4 fully saturated rings. The minimum atomic E-state index is -0.713. The number of rotatable bonds is 7. The molecule has 8 aromatic heterocycles. The largest absolute Gasteiger partial charge is 0.432 e. The molecule has 12 heterocycles. The summed E-state index contributed by atoms with van der Waals surface area (Å²) in [5.74, 6) is 4.83. The van der Waals surface area contributed by atoms with Crippen LogP contribution in [-0.2, 0) is 44.2 Å². The lowest BCUT2D eigenvalue weighted by Gasteiger charge is -2.27. The number of hydrogen-bond donors (Lipinski definition) is 2. The fourth-order valence-electron chi connectivity index (χ4n) is 10.4. The summed E-state index contributed by atoms with van der Waals surface area (Å²) in [4.78, 5) is 46.9. The molecule has 0 amide bonds. The maximum absolute atomic E-state index is 11.8. The number of aromatic nitrogens is 8. The van der Waals surface area contributed by atoms with Crippen molar-refractivity contribution in [1.82, 2.24) is 49.7 Å². The van der Waals surface area contributed by atoms with Crippen molar-refractivity contribution >= 4 is 117 Å². The van der Waals surface area contributed by atoms with Crippen LogP contribution in [0, 0.1) is 24.8 Å². The number of aromatic amines is 2. The predicted octanol–water partition coefficient (Wildman–Crippen LogP) is 8.04. The maximum atomic E-state index is 11.8. The van der Waals surface area contributed by atoms with Crippen LogP contribution >= 0.6 is 11.6 Å². The van der Waals surface area contributed by atoms with E-state index in [2.05, 4.69) is 72.6 Å². The lowest BCUT2D eigenvalue weighted by atomic mass is 10.1. The number of pyridine rings is 2. The first-order chi connectivity index (χ1) is 38.2. The average Bonchev–Trinajstić information content (AvgIpc) is 4.42. The second-order valence-electron chi connectivity index (χ2n) is 19.4. The number of hydrogen-bond acceptors (Lipinski definition) is 17. The van der Waals surface area contributed by atoms with Gasteiger partial charge in [-0.25, -0.2) is 29.8 Å². The second-order valence-corrected chi connectivity index (χ2v) is 23.1. The summed E-state index contributed by atoms with van der Waals surface area (Å²) < 4.78 is 46.7. The van der Waals surface area contributed by atoms with Crippen molar-refractivity contribution in [3.8, 4) is 17.5 Å². The highest BCUT2D eigenvalue weighted by atomic mass is 35.5. The zero-order valence-electron chi connectivity index (χ0n) is 42.7. The number of morpholine rings is 2. The van der Waals surface area contributed by atoms with Crippen LogP contribution < -0.4 is 9.80 Å². The number of fused-ring (bicyclic) bond motifs is 8. The highest BCUT2D eigenvalue weighted by molar-refractivity contribution is 7.85. The van der Waals surface area contributed by atoms with Crippen LogP contribution in [0.5, 0.6) is 0 Å². The Morgan fingerprint density at radius 1 is 0.692 bits per heavy atom. The molecule has 0 saturated carbocycles. The molecule has 2 N–H and O–H groups in total. The fourth-order valence-corrected chi connectivity index (χ4v) is 12.9. The van der Waals surface area contributed by atoms with E-state index in [9.17, 15) is 8.42 Å². The molecular weight excluding hydrogens is 1050 g/mol. The topological polar surface area (TPSA) is 229 Å². The van der Waals surface area contributed by atoms with E-state index in [-0.39, 0.29) is 5.28 Å². The molecule has 2 aromatic carbocycles. The summed E-state index contributed by atoms with van der Waals surface area (Å²) in [7, 11) is -1.39. The Morgan fingerprint density at radius 2 is 1.22 bits per heavy atom. The monoisotopic (exact) mass is 1100 g/mol. The summed E-state index contributed by atoms with van der Waals surface area (Å²) >= 11 is 6.23. The van der Waals surface area contributed by atoms with Gasteiger partial charge in [-0.1, -0.05) is 24.3 Å². The molecule has 0 spiro atoms. The molecule has 78 heavy (non-hydrogen) atoms. The molecule has 4 aliphatic rings. The number of aryl methyl sites for hydroxylation is 1. The van der Waals surface area contributed by atoms with Crippen molar-refractivity contribution in [3.63, 3.8) is 0 Å². The first-order valence-corrected chi connectivity index (χ1v) is 29.1. The van der Waals surface area contributed by atoms with E-state index in [4.69, 9.17) is 51.7 Å². The third-order valence-electron chi connectivity index (χ3n) is 14.4. The Kier molecular flexibility index (Phi) is 14.8. The number of ether oxygens (including phenoxy) is 2. The number of anilines is 2. The summed E-state index contributed by atoms with van der Waals surface area (Å²) in [5.41, 5.74) is 10.9. The van der Waals surface area contributed by atoms with Gasteiger partial charge < -0.3 is 38.1 Å². The molecule has 14 rings (SSSR count). The minimum Gasteiger partial charge on any atom is -0.432 e. The van der Waals surface area contributed by atoms with E-state index < -0.39 is 21.6 Å². The first-order valence-electron chi connectivity index (χ1n) is 25.8. The third-order valence-corrected chi connectivity index (χ3v) is 17.2. The Morgan fingerprint density at radius 3 is 1.78 bits per heavy atom. The fraction of sp³-hybridized carbons (Fsp3) is 0.345. The van der Waals surface area contributed by atoms with Crippen molar-refractivity contribution in [3.05, 3.63) is 112 Å². The van der Waals surface area contributed by atoms with Crippen molar-refractivity contribution in [2.24, 2.45) is 0 Å².